The number of dihydropyridines is 1. The molecule has 1 atom stereocenters. The second-order valence-electron chi connectivity index (χ2n) is 28.5. The summed E-state index contributed by atoms with van der Waals surface area (Å²) in [6, 6.07) is 28.2. The maximum absolute atomic E-state index is 13.7. The van der Waals surface area contributed by atoms with Crippen LogP contribution >= 0.6 is 11.6 Å². The number of aliphatic imine (C=N–C) groups is 4. The van der Waals surface area contributed by atoms with E-state index in [1.54, 1.807) is 56.3 Å². The van der Waals surface area contributed by atoms with E-state index in [1.165, 1.54) is 53.6 Å². The Morgan fingerprint density at radius 1 is 0.670 bits per heavy atom. The van der Waals surface area contributed by atoms with Crippen molar-refractivity contribution in [3.8, 4) is 29.4 Å². The zero-order valence-electron chi connectivity index (χ0n) is 61.4. The lowest BCUT2D eigenvalue weighted by Crippen LogP contribution is -2.37. The molecule has 3 aliphatic carbocycles. The number of phenolic OH excluding ortho intramolecular Hbond substituents is 2. The third-order valence-corrected chi connectivity index (χ3v) is 19.5. The van der Waals surface area contributed by atoms with Gasteiger partial charge in [-0.25, -0.2) is 25.0 Å². The molecule has 27 heteroatoms. The minimum absolute atomic E-state index is 0.00752. The number of aromatic nitrogens is 1. The molecular formula is C82H77ClN14O12. The molecule has 1 spiro atoms. The Morgan fingerprint density at radius 3 is 1.92 bits per heavy atom. The molecule has 6 aromatic rings. The predicted molar refractivity (Wildman–Crippen MR) is 415 cm³/mol. The van der Waals surface area contributed by atoms with Crippen LogP contribution in [0.5, 0.6) is 17.2 Å². The van der Waals surface area contributed by atoms with E-state index in [1.807, 2.05) is 104 Å². The van der Waals surface area contributed by atoms with E-state index < -0.39 is 40.1 Å². The number of nitrogens with zero attached hydrogens (tertiary/aromatic N) is 8. The topological polar surface area (TPSA) is 389 Å². The van der Waals surface area contributed by atoms with Crippen molar-refractivity contribution < 1.29 is 58.1 Å². The molecule has 1 aromatic heterocycles. The average molecular weight is 1490 g/mol. The number of phenols is 2. The van der Waals surface area contributed by atoms with E-state index in [-0.39, 0.29) is 101 Å². The van der Waals surface area contributed by atoms with Crippen molar-refractivity contribution in [3.05, 3.63) is 200 Å². The van der Waals surface area contributed by atoms with Gasteiger partial charge in [-0.2, -0.15) is 10.5 Å². The van der Waals surface area contributed by atoms with Gasteiger partial charge in [0.15, 0.2) is 23.5 Å². The number of nitrogens with one attached hydrogen (secondary N) is 6. The summed E-state index contributed by atoms with van der Waals surface area (Å²) in [5.41, 5.74) is 7.37. The summed E-state index contributed by atoms with van der Waals surface area (Å²) in [5, 5.41) is 57.6. The molecule has 0 radical (unpaired) electrons. The van der Waals surface area contributed by atoms with Crippen LogP contribution < -0.4 is 41.5 Å². The summed E-state index contributed by atoms with van der Waals surface area (Å²) in [6.45, 7) is 18.2. The highest BCUT2D eigenvalue weighted by atomic mass is 35.5. The van der Waals surface area contributed by atoms with Crippen LogP contribution in [0.2, 0.25) is 5.02 Å². The van der Waals surface area contributed by atoms with Crippen LogP contribution in [0.4, 0.5) is 45.6 Å². The Bertz CT molecular complexity index is 5270. The van der Waals surface area contributed by atoms with Crippen molar-refractivity contribution in [1.29, 1.82) is 10.5 Å². The molecule has 5 heterocycles. The number of hydrogen-bond acceptors (Lipinski definition) is 19. The van der Waals surface area contributed by atoms with Gasteiger partial charge >= 0.3 is 0 Å². The van der Waals surface area contributed by atoms with Crippen LogP contribution in [-0.4, -0.2) is 111 Å². The highest BCUT2D eigenvalue weighted by Gasteiger charge is 2.55. The first kappa shape index (κ1) is 77.0. The number of hydrogen-bond donors (Lipinski definition) is 8. The summed E-state index contributed by atoms with van der Waals surface area (Å²) in [5.74, 6) is -2.22. The molecule has 1 unspecified atom stereocenters. The van der Waals surface area contributed by atoms with Crippen LogP contribution in [0.25, 0.3) is 0 Å². The van der Waals surface area contributed by atoms with Crippen molar-refractivity contribution in [1.82, 2.24) is 15.6 Å². The Hall–Kier alpha value is -13.1. The molecule has 6 amide bonds. The summed E-state index contributed by atoms with van der Waals surface area (Å²) in [7, 11) is 0. The number of aromatic hydroxyl groups is 2. The fourth-order valence-corrected chi connectivity index (χ4v) is 14.1. The fourth-order valence-electron chi connectivity index (χ4n) is 13.8. The Labute approximate surface area is 632 Å². The van der Waals surface area contributed by atoms with Gasteiger partial charge < -0.3 is 51.8 Å². The second-order valence-corrected chi connectivity index (χ2v) is 28.9. The number of aryl methyl sites for hydroxylation is 4. The zero-order chi connectivity index (χ0) is 78.6. The molecule has 554 valence electrons. The maximum Gasteiger partial charge on any atom is 0.265 e. The first-order chi connectivity index (χ1) is 51.8. The lowest BCUT2D eigenvalue weighted by molar-refractivity contribution is -0.128. The number of carbonyl (C=O) groups is 9. The predicted octanol–water partition coefficient (Wildman–Crippen LogP) is 12.8. The van der Waals surface area contributed by atoms with E-state index in [0.717, 1.165) is 41.3 Å². The van der Waals surface area contributed by atoms with E-state index in [4.69, 9.17) is 26.9 Å². The van der Waals surface area contributed by atoms with Gasteiger partial charge in [0.05, 0.1) is 97.5 Å². The standard InChI is InChI=1S/C29H25N7O3.C28H28ClN3O5.C25H24N4O4/c1-18-6-2-3-7-20(18)27(38)34-22-16-21(25-24(26(22)37)29(28(39)35-25)10-4-5-11-29)33-19-8-9-23(32-17-19)36(14-12-30)15-13-31;1-14-6-9-22(18(29)10-14)37-16(3)27(36)31-21-12-20(30-19-8-7-17(33)11-15(19)2)25-24(26(21)35)28(4,5)13-23(34)32-25;1-13-5-7-17(14(2)9-13)28-24(33)16-10-18(27-19-8-6-15(30)12-26-19)22-21(23(16)32)25(3,4)11-20(31)29-22/h2-3,6-9,16-17H,4-5,10-11,14-15H2,1H3,(H,34,38)(H,35,39);6-12,16,35H,13H2,1-5H3,(H,31,36)(H,32,34);5-10,12,32H,11H2,1-4H3,(H,28,33)(H,29,31). The monoisotopic (exact) mass is 1480 g/mol. The molecule has 1 saturated carbocycles. The number of anilines is 5. The Morgan fingerprint density at radius 2 is 1.30 bits per heavy atom. The molecule has 4 aliphatic heterocycles. The number of halogens is 1. The number of ether oxygens (including phenoxy) is 1. The highest BCUT2D eigenvalue weighted by Crippen LogP contribution is 2.53. The summed E-state index contributed by atoms with van der Waals surface area (Å²) >= 11 is 6.24. The molecule has 8 N–H and O–H groups in total. The van der Waals surface area contributed by atoms with Gasteiger partial charge in [-0.05, 0) is 162 Å². The van der Waals surface area contributed by atoms with Crippen LogP contribution in [0.15, 0.2) is 170 Å². The normalized spacial score (nSPS) is 18.0. The van der Waals surface area contributed by atoms with Crippen LogP contribution in [0.1, 0.15) is 134 Å². The molecular weight excluding hydrogens is 1410 g/mol. The Kier molecular flexibility index (Phi) is 22.3. The third-order valence-electron chi connectivity index (χ3n) is 19.2. The molecule has 7 aliphatic rings. The number of carbonyl (C=O) groups excluding carboxylic acids is 9. The van der Waals surface area contributed by atoms with Gasteiger partial charge in [-0.1, -0.05) is 94.1 Å². The summed E-state index contributed by atoms with van der Waals surface area (Å²) < 4.78 is 5.76. The van der Waals surface area contributed by atoms with Crippen molar-refractivity contribution in [3.63, 3.8) is 0 Å². The van der Waals surface area contributed by atoms with E-state index in [0.29, 0.717) is 103 Å². The van der Waals surface area contributed by atoms with Gasteiger partial charge in [0, 0.05) is 51.6 Å². The van der Waals surface area contributed by atoms with Crippen molar-refractivity contribution >= 4 is 133 Å². The van der Waals surface area contributed by atoms with Crippen LogP contribution in [0.3, 0.4) is 0 Å². The van der Waals surface area contributed by atoms with Gasteiger partial charge in [0.2, 0.25) is 23.5 Å². The van der Waals surface area contributed by atoms with Crippen LogP contribution in [-0.2, 0) is 44.4 Å². The number of amidine groups is 1. The Balaban J connectivity index is 0.000000163. The summed E-state index contributed by atoms with van der Waals surface area (Å²) in [4.78, 5) is 138. The molecule has 0 bridgehead atoms. The van der Waals surface area contributed by atoms with Gasteiger partial charge in [-0.3, -0.25) is 43.2 Å². The number of rotatable bonds is 14. The van der Waals surface area contributed by atoms with Gasteiger partial charge in [0.1, 0.15) is 36.2 Å². The lowest BCUT2D eigenvalue weighted by Gasteiger charge is -2.34. The highest BCUT2D eigenvalue weighted by molar-refractivity contribution is 6.38. The van der Waals surface area contributed by atoms with Crippen molar-refractivity contribution in [2.24, 2.45) is 25.4 Å². The average Bonchev–Trinajstić information content (AvgIpc) is 1.29. The number of pyridine rings is 1. The molecule has 13 rings (SSSR count). The number of amides is 6. The molecule has 0 saturated heterocycles. The molecule has 1 fully saturated rings. The van der Waals surface area contributed by atoms with Gasteiger partial charge in [-0.15, -0.1) is 0 Å². The van der Waals surface area contributed by atoms with E-state index in [9.17, 15) is 53.4 Å². The molecule has 26 nitrogen and oxygen atoms in total. The number of benzene rings is 5. The minimum Gasteiger partial charge on any atom is -0.507 e. The van der Waals surface area contributed by atoms with E-state index >= 15 is 0 Å². The van der Waals surface area contributed by atoms with Gasteiger partial charge in [0.25, 0.3) is 17.7 Å². The molecule has 5 aromatic carbocycles. The maximum atomic E-state index is 13.7. The SMILES string of the molecule is CC1=CC(=O)C=CC1=Nc1cc(NC(=O)C(C)Oc2ccc(C)cc2Cl)c(O)c2c1NC(=O)CC2(C)C.Cc1ccc(NC(=O)c2cc(N=C3C=CC(=O)C=N3)c3c(c2O)C(C)(C)CC(=O)N3)c(C)c1.Cc1ccccc1C(=O)NC1=CC(=Nc2ccc(N(CC#N)CC#N)nc2)C2=C(C1=O)C1(CCCC1)C(=O)N2. The number of nitriles is 2. The minimum atomic E-state index is -0.935. The van der Waals surface area contributed by atoms with E-state index in [2.05, 4.69) is 56.9 Å². The lowest BCUT2D eigenvalue weighted by atomic mass is 9.75. The first-order valence-electron chi connectivity index (χ1n) is 34.9. The zero-order valence-corrected chi connectivity index (χ0v) is 62.1. The third kappa shape index (κ3) is 16.6. The number of fused-ring (bicyclic) bond motifs is 3. The number of Topliss-reactive ketones (excluding diaryl/α,β-unsaturated/α-hetero) is 1. The fraction of sp³-hybridized carbons (Fsp3) is 0.268. The van der Waals surface area contributed by atoms with Crippen LogP contribution in [0, 0.1) is 55.8 Å². The second kappa shape index (κ2) is 31.6. The first-order valence-corrected chi connectivity index (χ1v) is 35.3. The number of allylic oxidation sites excluding steroid dienone is 7. The van der Waals surface area contributed by atoms with Crippen molar-refractivity contribution in [2.75, 3.05) is 39.3 Å². The summed E-state index contributed by atoms with van der Waals surface area (Å²) in [6.07, 6.45) is 13.4. The largest absolute Gasteiger partial charge is 0.507 e. The smallest absolute Gasteiger partial charge is 0.265 e. The number of ketones is 3. The molecule has 109 heavy (non-hydrogen) atoms. The quantitative estimate of drug-likeness (QED) is 0.0285. The van der Waals surface area contributed by atoms with Crippen molar-refractivity contribution in [2.45, 2.75) is 125 Å².